The van der Waals surface area contributed by atoms with Crippen molar-refractivity contribution in [2.24, 2.45) is 5.92 Å². The van der Waals surface area contributed by atoms with Crippen LogP contribution in [0.4, 0.5) is 4.39 Å². The van der Waals surface area contributed by atoms with Gasteiger partial charge in [-0.25, -0.2) is 9.37 Å². The highest BCUT2D eigenvalue weighted by atomic mass is 19.1. The summed E-state index contributed by atoms with van der Waals surface area (Å²) in [5.74, 6) is -0.632. The predicted molar refractivity (Wildman–Crippen MR) is 122 cm³/mol. The third kappa shape index (κ3) is 5.76. The van der Waals surface area contributed by atoms with E-state index in [1.807, 2.05) is 16.7 Å². The van der Waals surface area contributed by atoms with Gasteiger partial charge in [0.15, 0.2) is 0 Å². The van der Waals surface area contributed by atoms with Gasteiger partial charge in [-0.15, -0.1) is 0 Å². The molecule has 2 aromatic heterocycles. The summed E-state index contributed by atoms with van der Waals surface area (Å²) in [7, 11) is 0. The second kappa shape index (κ2) is 9.70. The molecule has 33 heavy (non-hydrogen) atoms. The van der Waals surface area contributed by atoms with Gasteiger partial charge in [0.05, 0.1) is 19.6 Å². The van der Waals surface area contributed by atoms with E-state index in [9.17, 15) is 14.0 Å². The number of hydrogen-bond donors (Lipinski definition) is 1. The average molecular weight is 453 g/mol. The van der Waals surface area contributed by atoms with E-state index in [0.29, 0.717) is 31.9 Å². The Morgan fingerprint density at radius 2 is 1.94 bits per heavy atom. The number of imidazole rings is 1. The molecule has 1 aromatic carbocycles. The number of aromatic nitrogens is 2. The molecule has 0 radical (unpaired) electrons. The molecule has 1 atom stereocenters. The van der Waals surface area contributed by atoms with Crippen LogP contribution in [0.5, 0.6) is 0 Å². The van der Waals surface area contributed by atoms with Gasteiger partial charge in [-0.2, -0.15) is 0 Å². The molecule has 4 rings (SSSR count). The number of nitrogens with zero attached hydrogens (tertiary/aromatic N) is 3. The maximum atomic E-state index is 13.3. The maximum absolute atomic E-state index is 13.3. The van der Waals surface area contributed by atoms with Gasteiger partial charge in [0.1, 0.15) is 17.0 Å². The Balaban J connectivity index is 1.38. The van der Waals surface area contributed by atoms with Gasteiger partial charge < -0.3 is 19.4 Å². The molecule has 2 amide bonds. The Labute approximate surface area is 192 Å². The van der Waals surface area contributed by atoms with Crippen LogP contribution >= 0.6 is 0 Å². The largest absolute Gasteiger partial charge is 0.379 e. The van der Waals surface area contributed by atoms with E-state index in [4.69, 9.17) is 4.74 Å². The zero-order valence-corrected chi connectivity index (χ0v) is 19.0. The highest BCUT2D eigenvalue weighted by molar-refractivity contribution is 5.91. The monoisotopic (exact) mass is 452 g/mol. The minimum atomic E-state index is -1.07. The minimum absolute atomic E-state index is 0.0828. The Morgan fingerprint density at radius 1 is 1.18 bits per heavy atom. The summed E-state index contributed by atoms with van der Waals surface area (Å²) in [6.07, 6.45) is 6.59. The van der Waals surface area contributed by atoms with E-state index >= 15 is 0 Å². The Morgan fingerprint density at radius 3 is 2.73 bits per heavy atom. The van der Waals surface area contributed by atoms with Crippen molar-refractivity contribution in [3.63, 3.8) is 0 Å². The SMILES string of the molecule is CC(C)(NC(=O)Cc1ccc(F)cc1)C(=O)N1CCOC[C@H](Cc2ccc3nccn3c2)C1. The number of amides is 2. The van der Waals surface area contributed by atoms with E-state index in [0.717, 1.165) is 17.6 Å². The number of hydrogen-bond acceptors (Lipinski definition) is 4. The van der Waals surface area contributed by atoms with Crippen LogP contribution in [0.3, 0.4) is 0 Å². The molecule has 0 bridgehead atoms. The van der Waals surface area contributed by atoms with Gasteiger partial charge >= 0.3 is 0 Å². The predicted octanol–water partition coefficient (Wildman–Crippen LogP) is 2.63. The third-order valence-corrected chi connectivity index (χ3v) is 5.86. The number of ether oxygens (including phenoxy) is 1. The summed E-state index contributed by atoms with van der Waals surface area (Å²) >= 11 is 0. The van der Waals surface area contributed by atoms with Crippen LogP contribution in [0.1, 0.15) is 25.0 Å². The molecule has 0 unspecified atom stereocenters. The fourth-order valence-corrected chi connectivity index (χ4v) is 4.24. The van der Waals surface area contributed by atoms with Gasteiger partial charge in [-0.1, -0.05) is 18.2 Å². The van der Waals surface area contributed by atoms with Crippen LogP contribution < -0.4 is 5.32 Å². The first-order chi connectivity index (χ1) is 15.8. The average Bonchev–Trinajstić information content (AvgIpc) is 3.12. The number of halogens is 1. The van der Waals surface area contributed by atoms with Crippen LogP contribution in [0.25, 0.3) is 5.65 Å². The van der Waals surface area contributed by atoms with Crippen molar-refractivity contribution >= 4 is 17.5 Å². The molecular weight excluding hydrogens is 423 g/mol. The number of carbonyl (C=O) groups excluding carboxylic acids is 2. The van der Waals surface area contributed by atoms with Crippen LogP contribution in [0, 0.1) is 11.7 Å². The minimum Gasteiger partial charge on any atom is -0.379 e. The molecule has 7 nitrogen and oxygen atoms in total. The molecule has 1 aliphatic rings. The number of carbonyl (C=O) groups is 2. The summed E-state index contributed by atoms with van der Waals surface area (Å²) in [5, 5.41) is 2.84. The molecule has 1 saturated heterocycles. The summed E-state index contributed by atoms with van der Waals surface area (Å²) < 4.78 is 20.9. The summed E-state index contributed by atoms with van der Waals surface area (Å²) in [6, 6.07) is 9.82. The lowest BCUT2D eigenvalue weighted by atomic mass is 9.98. The van der Waals surface area contributed by atoms with E-state index in [1.165, 1.54) is 12.1 Å². The quantitative estimate of drug-likeness (QED) is 0.624. The van der Waals surface area contributed by atoms with Gasteiger partial charge in [0.25, 0.3) is 0 Å². The zero-order chi connectivity index (χ0) is 23.4. The van der Waals surface area contributed by atoms with Crippen LogP contribution in [-0.4, -0.2) is 57.9 Å². The second-order valence-electron chi connectivity index (χ2n) is 9.10. The lowest BCUT2D eigenvalue weighted by Crippen LogP contribution is -2.57. The van der Waals surface area contributed by atoms with Crippen LogP contribution in [0.15, 0.2) is 55.0 Å². The summed E-state index contributed by atoms with van der Waals surface area (Å²) in [5.41, 5.74) is 1.66. The topological polar surface area (TPSA) is 75.9 Å². The molecule has 0 spiro atoms. The molecule has 1 N–H and O–H groups in total. The number of pyridine rings is 1. The van der Waals surface area contributed by atoms with Crippen LogP contribution in [0.2, 0.25) is 0 Å². The van der Waals surface area contributed by atoms with Crippen molar-refractivity contribution in [3.8, 4) is 0 Å². The van der Waals surface area contributed by atoms with Crippen molar-refractivity contribution in [3.05, 3.63) is 71.9 Å². The zero-order valence-electron chi connectivity index (χ0n) is 19.0. The first-order valence-corrected chi connectivity index (χ1v) is 11.1. The van der Waals surface area contributed by atoms with Crippen molar-refractivity contribution in [2.75, 3.05) is 26.3 Å². The molecule has 3 aromatic rings. The normalized spacial score (nSPS) is 17.1. The van der Waals surface area contributed by atoms with Crippen LogP contribution in [-0.2, 0) is 27.2 Å². The van der Waals surface area contributed by atoms with E-state index in [-0.39, 0.29) is 30.0 Å². The fraction of sp³-hybridized carbons (Fsp3) is 0.400. The smallest absolute Gasteiger partial charge is 0.247 e. The molecule has 0 saturated carbocycles. The second-order valence-corrected chi connectivity index (χ2v) is 9.10. The lowest BCUT2D eigenvalue weighted by Gasteiger charge is -2.33. The Kier molecular flexibility index (Phi) is 6.74. The fourth-order valence-electron chi connectivity index (χ4n) is 4.24. The van der Waals surface area contributed by atoms with E-state index in [1.54, 1.807) is 37.1 Å². The van der Waals surface area contributed by atoms with E-state index in [2.05, 4.69) is 22.6 Å². The number of fused-ring (bicyclic) bond motifs is 1. The highest BCUT2D eigenvalue weighted by Crippen LogP contribution is 2.18. The molecule has 1 fully saturated rings. The molecule has 8 heteroatoms. The van der Waals surface area contributed by atoms with Gasteiger partial charge in [-0.05, 0) is 49.6 Å². The molecule has 0 aliphatic carbocycles. The molecule has 1 aliphatic heterocycles. The number of benzene rings is 1. The van der Waals surface area contributed by atoms with Gasteiger partial charge in [0.2, 0.25) is 11.8 Å². The van der Waals surface area contributed by atoms with Gasteiger partial charge in [0, 0.05) is 37.6 Å². The first-order valence-electron chi connectivity index (χ1n) is 11.1. The standard InChI is InChI=1S/C25H29FN4O3/c1-25(2,28-23(31)14-18-3-6-21(26)7-4-18)24(32)30-11-12-33-17-20(16-30)13-19-5-8-22-27-9-10-29(22)15-19/h3-10,15,20H,11-14,16-17H2,1-2H3,(H,28,31)/t20-/m1/s1. The van der Waals surface area contributed by atoms with Crippen molar-refractivity contribution < 1.29 is 18.7 Å². The Bertz CT molecular complexity index is 1130. The van der Waals surface area contributed by atoms with Gasteiger partial charge in [-0.3, -0.25) is 9.59 Å². The number of nitrogens with one attached hydrogen (secondary N) is 1. The summed E-state index contributed by atoms with van der Waals surface area (Å²) in [4.78, 5) is 31.9. The third-order valence-electron chi connectivity index (χ3n) is 5.86. The van der Waals surface area contributed by atoms with Crippen molar-refractivity contribution in [2.45, 2.75) is 32.2 Å². The summed E-state index contributed by atoms with van der Waals surface area (Å²) in [6.45, 7) is 5.49. The Hall–Kier alpha value is -3.26. The highest BCUT2D eigenvalue weighted by Gasteiger charge is 2.35. The molecule has 3 heterocycles. The molecular formula is C25H29FN4O3. The maximum Gasteiger partial charge on any atom is 0.247 e. The molecule has 174 valence electrons. The first kappa shape index (κ1) is 22.9. The van der Waals surface area contributed by atoms with Crippen molar-refractivity contribution in [1.29, 1.82) is 0 Å². The van der Waals surface area contributed by atoms with Crippen molar-refractivity contribution in [1.82, 2.24) is 19.6 Å². The lowest BCUT2D eigenvalue weighted by molar-refractivity contribution is -0.140. The van der Waals surface area contributed by atoms with E-state index < -0.39 is 5.54 Å². The number of rotatable bonds is 6.